The first-order valence-corrected chi connectivity index (χ1v) is 8.93. The molecule has 3 saturated carbocycles. The van der Waals surface area contributed by atoms with E-state index in [4.69, 9.17) is 5.53 Å². The Morgan fingerprint density at radius 3 is 2.79 bits per heavy atom. The monoisotopic (exact) mass is 325 g/mol. The number of fused-ring (bicyclic) bond motifs is 5. The minimum Gasteiger partial charge on any atom is -0.299 e. The van der Waals surface area contributed by atoms with Crippen molar-refractivity contribution < 1.29 is 9.59 Å². The van der Waals surface area contributed by atoms with Gasteiger partial charge in [-0.2, -0.15) is 0 Å². The topological polar surface area (TPSA) is 82.9 Å². The first-order chi connectivity index (χ1) is 11.4. The second kappa shape index (κ2) is 5.06. The van der Waals surface area contributed by atoms with E-state index in [1.165, 1.54) is 0 Å². The second-order valence-electron chi connectivity index (χ2n) is 8.37. The Morgan fingerprint density at radius 2 is 2.04 bits per heavy atom. The lowest BCUT2D eigenvalue weighted by molar-refractivity contribution is -0.131. The third-order valence-electron chi connectivity index (χ3n) is 7.48. The molecule has 4 aliphatic carbocycles. The van der Waals surface area contributed by atoms with Crippen LogP contribution in [0.1, 0.15) is 46.0 Å². The Kier molecular flexibility index (Phi) is 3.30. The van der Waals surface area contributed by atoms with Crippen molar-refractivity contribution >= 4 is 11.6 Å². The highest BCUT2D eigenvalue weighted by atomic mass is 16.1. The maximum atomic E-state index is 12.5. The van der Waals surface area contributed by atoms with E-state index in [0.29, 0.717) is 30.0 Å². The first kappa shape index (κ1) is 15.6. The minimum absolute atomic E-state index is 0.0178. The normalized spacial score (nSPS) is 46.5. The fraction of sp³-hybridized carbons (Fsp3) is 0.684. The van der Waals surface area contributed by atoms with Gasteiger partial charge in [-0.05, 0) is 66.7 Å². The number of azide groups is 1. The van der Waals surface area contributed by atoms with Gasteiger partial charge in [0.15, 0.2) is 5.78 Å². The van der Waals surface area contributed by atoms with Crippen LogP contribution in [0.2, 0.25) is 0 Å². The Hall–Kier alpha value is -1.87. The number of rotatable bonds is 1. The molecule has 0 aliphatic heterocycles. The summed E-state index contributed by atoms with van der Waals surface area (Å²) in [6.07, 6.45) is 9.72. The van der Waals surface area contributed by atoms with Crippen molar-refractivity contribution in [2.24, 2.45) is 33.7 Å². The van der Waals surface area contributed by atoms with Crippen molar-refractivity contribution in [1.82, 2.24) is 0 Å². The van der Waals surface area contributed by atoms with Crippen LogP contribution in [-0.2, 0) is 9.59 Å². The number of hydrogen-bond donors (Lipinski definition) is 0. The molecule has 4 aliphatic rings. The molecule has 0 bridgehead atoms. The van der Waals surface area contributed by atoms with Gasteiger partial charge in [-0.15, -0.1) is 0 Å². The van der Waals surface area contributed by atoms with Crippen LogP contribution >= 0.6 is 0 Å². The molecule has 126 valence electrons. The SMILES string of the molecule is C[C@]12C=CC(=O)C=C1C(N=[N+]=[N-])C[C@@H]1[C@@H]2CC[C@]2(C)C(=O)CC[C@@H]12. The molecule has 5 heteroatoms. The van der Waals surface area contributed by atoms with Gasteiger partial charge in [0.1, 0.15) is 5.78 Å². The van der Waals surface area contributed by atoms with Gasteiger partial charge in [0.25, 0.3) is 0 Å². The second-order valence-corrected chi connectivity index (χ2v) is 8.37. The summed E-state index contributed by atoms with van der Waals surface area (Å²) in [5, 5.41) is 4.04. The molecule has 0 aromatic heterocycles. The van der Waals surface area contributed by atoms with Gasteiger partial charge in [0, 0.05) is 22.2 Å². The Labute approximate surface area is 141 Å². The molecule has 0 radical (unpaired) electrons. The van der Waals surface area contributed by atoms with Gasteiger partial charge in [0.2, 0.25) is 0 Å². The third kappa shape index (κ3) is 1.91. The zero-order valence-electron chi connectivity index (χ0n) is 14.2. The van der Waals surface area contributed by atoms with Gasteiger partial charge in [-0.3, -0.25) is 9.59 Å². The van der Waals surface area contributed by atoms with E-state index < -0.39 is 0 Å². The Morgan fingerprint density at radius 1 is 1.25 bits per heavy atom. The van der Waals surface area contributed by atoms with Crippen molar-refractivity contribution in [3.8, 4) is 0 Å². The van der Waals surface area contributed by atoms with E-state index in [1.807, 2.05) is 6.08 Å². The Bertz CT molecular complexity index is 733. The van der Waals surface area contributed by atoms with E-state index in [2.05, 4.69) is 23.9 Å². The average Bonchev–Trinajstić information content (AvgIpc) is 2.85. The highest BCUT2D eigenvalue weighted by molar-refractivity contribution is 6.01. The predicted molar refractivity (Wildman–Crippen MR) is 89.9 cm³/mol. The van der Waals surface area contributed by atoms with Crippen LogP contribution in [0.4, 0.5) is 0 Å². The molecule has 4 rings (SSSR count). The lowest BCUT2D eigenvalue weighted by Gasteiger charge is -2.57. The molecule has 0 heterocycles. The van der Waals surface area contributed by atoms with E-state index in [9.17, 15) is 9.59 Å². The zero-order chi connectivity index (χ0) is 17.1. The fourth-order valence-corrected chi connectivity index (χ4v) is 6.19. The highest BCUT2D eigenvalue weighted by Crippen LogP contribution is 2.63. The van der Waals surface area contributed by atoms with Crippen LogP contribution < -0.4 is 0 Å². The number of ketones is 2. The van der Waals surface area contributed by atoms with E-state index in [0.717, 1.165) is 31.3 Å². The van der Waals surface area contributed by atoms with Crippen LogP contribution in [0.25, 0.3) is 10.4 Å². The van der Waals surface area contributed by atoms with Crippen LogP contribution in [0.15, 0.2) is 28.9 Å². The maximum Gasteiger partial charge on any atom is 0.178 e. The molecule has 0 spiro atoms. The van der Waals surface area contributed by atoms with Crippen molar-refractivity contribution in [2.45, 2.75) is 52.0 Å². The molecule has 24 heavy (non-hydrogen) atoms. The average molecular weight is 325 g/mol. The number of Topliss-reactive ketones (excluding diaryl/α,β-unsaturated/α-hetero) is 1. The summed E-state index contributed by atoms with van der Waals surface area (Å²) in [7, 11) is 0. The summed E-state index contributed by atoms with van der Waals surface area (Å²) in [5.41, 5.74) is 9.55. The molecule has 0 aromatic carbocycles. The molecular weight excluding hydrogens is 302 g/mol. The van der Waals surface area contributed by atoms with Crippen molar-refractivity contribution in [3.05, 3.63) is 34.2 Å². The van der Waals surface area contributed by atoms with Crippen molar-refractivity contribution in [3.63, 3.8) is 0 Å². The van der Waals surface area contributed by atoms with Crippen LogP contribution in [0.5, 0.6) is 0 Å². The van der Waals surface area contributed by atoms with Crippen LogP contribution in [-0.4, -0.2) is 17.6 Å². The molecule has 0 N–H and O–H groups in total. The molecule has 5 nitrogen and oxygen atoms in total. The minimum atomic E-state index is -0.270. The summed E-state index contributed by atoms with van der Waals surface area (Å²) in [6.45, 7) is 4.32. The number of allylic oxidation sites excluding steroid dienone is 3. The fourth-order valence-electron chi connectivity index (χ4n) is 6.19. The standard InChI is InChI=1S/C19H23N3O2/c1-18-7-5-11(23)9-15(18)16(21-22-20)10-12-13-3-4-17(24)19(13,2)8-6-14(12)18/h5,7,9,12-14,16H,3-4,6,8,10H2,1-2H3/t12-,13-,14-,16?,18+,19-/m0/s1. The van der Waals surface area contributed by atoms with Crippen molar-refractivity contribution in [1.29, 1.82) is 0 Å². The summed E-state index contributed by atoms with van der Waals surface area (Å²) in [5.74, 6) is 1.57. The molecule has 0 amide bonds. The number of nitrogens with zero attached hydrogens (tertiary/aromatic N) is 3. The van der Waals surface area contributed by atoms with Gasteiger partial charge in [-0.1, -0.05) is 25.0 Å². The van der Waals surface area contributed by atoms with Crippen molar-refractivity contribution in [2.75, 3.05) is 0 Å². The predicted octanol–water partition coefficient (Wildman–Crippen LogP) is 4.15. The largest absolute Gasteiger partial charge is 0.299 e. The maximum absolute atomic E-state index is 12.5. The molecule has 3 fully saturated rings. The first-order valence-electron chi connectivity index (χ1n) is 8.93. The lowest BCUT2D eigenvalue weighted by Crippen LogP contribution is -2.52. The van der Waals surface area contributed by atoms with Gasteiger partial charge in [0.05, 0.1) is 6.04 Å². The summed E-state index contributed by atoms with van der Waals surface area (Å²) in [4.78, 5) is 27.4. The third-order valence-corrected chi connectivity index (χ3v) is 7.48. The number of carbonyl (C=O) groups excluding carboxylic acids is 2. The van der Waals surface area contributed by atoms with Crippen LogP contribution in [0.3, 0.4) is 0 Å². The summed E-state index contributed by atoms with van der Waals surface area (Å²) < 4.78 is 0. The van der Waals surface area contributed by atoms with Gasteiger partial charge in [-0.25, -0.2) is 0 Å². The summed E-state index contributed by atoms with van der Waals surface area (Å²) in [6, 6.07) is -0.270. The van der Waals surface area contributed by atoms with E-state index in [-0.39, 0.29) is 22.7 Å². The molecule has 0 aromatic rings. The van der Waals surface area contributed by atoms with Crippen LogP contribution in [0, 0.1) is 28.6 Å². The summed E-state index contributed by atoms with van der Waals surface area (Å²) >= 11 is 0. The highest BCUT2D eigenvalue weighted by Gasteiger charge is 2.59. The molecule has 0 saturated heterocycles. The number of carbonyl (C=O) groups is 2. The van der Waals surface area contributed by atoms with E-state index >= 15 is 0 Å². The Balaban J connectivity index is 1.80. The molecular formula is C19H23N3O2. The smallest absolute Gasteiger partial charge is 0.178 e. The quantitative estimate of drug-likeness (QED) is 0.412. The molecule has 1 unspecified atom stereocenters. The van der Waals surface area contributed by atoms with E-state index in [1.54, 1.807) is 12.2 Å². The lowest BCUT2D eigenvalue weighted by atomic mass is 9.47. The van der Waals surface area contributed by atoms with Gasteiger partial charge >= 0.3 is 0 Å². The van der Waals surface area contributed by atoms with Gasteiger partial charge < -0.3 is 0 Å². The molecule has 6 atom stereocenters. The number of hydrogen-bond acceptors (Lipinski definition) is 3. The zero-order valence-corrected chi connectivity index (χ0v) is 14.2.